The van der Waals surface area contributed by atoms with Crippen LogP contribution in [0.2, 0.25) is 0 Å². The Morgan fingerprint density at radius 2 is 2.47 bits per heavy atom. The molecule has 1 heterocycles. The number of hydrogen-bond acceptors (Lipinski definition) is 4. The van der Waals surface area contributed by atoms with Gasteiger partial charge < -0.3 is 4.74 Å². The zero-order valence-electron chi connectivity index (χ0n) is 8.54. The van der Waals surface area contributed by atoms with Crippen LogP contribution in [0.3, 0.4) is 0 Å². The van der Waals surface area contributed by atoms with E-state index in [1.54, 1.807) is 6.92 Å². The Kier molecular flexibility index (Phi) is 3.70. The maximum Gasteiger partial charge on any atom is 0.299 e. The Labute approximate surface area is 85.9 Å². The molecule has 0 aliphatic heterocycles. The highest BCUT2D eigenvalue weighted by atomic mass is 16.5. The van der Waals surface area contributed by atoms with Crippen molar-refractivity contribution in [3.05, 3.63) is 32.6 Å². The number of nitrogens with zero attached hydrogens (tertiary/aromatic N) is 5. The van der Waals surface area contributed by atoms with Crippen LogP contribution in [0.15, 0.2) is 16.0 Å². The van der Waals surface area contributed by atoms with Gasteiger partial charge in [-0.15, -0.1) is 0 Å². The van der Waals surface area contributed by atoms with E-state index in [-0.39, 0.29) is 24.7 Å². The molecule has 0 aromatic carbocycles. The zero-order chi connectivity index (χ0) is 11.3. The standard InChI is InChI=1S/C8H11N5O2/c1-6-5-7(14)13(4-3-10-12-9)8(11-6)15-2/h5H,3-4H2,1-2H3. The third-order valence-corrected chi connectivity index (χ3v) is 1.77. The predicted molar refractivity (Wildman–Crippen MR) is 53.8 cm³/mol. The molecule has 0 aliphatic rings. The second-order valence-electron chi connectivity index (χ2n) is 2.83. The minimum atomic E-state index is -0.215. The molecule has 7 nitrogen and oxygen atoms in total. The summed E-state index contributed by atoms with van der Waals surface area (Å²) in [5.74, 6) is 0. The minimum Gasteiger partial charge on any atom is -0.468 e. The summed E-state index contributed by atoms with van der Waals surface area (Å²) in [5, 5.41) is 3.34. The maximum absolute atomic E-state index is 11.5. The van der Waals surface area contributed by atoms with Crippen molar-refractivity contribution in [1.29, 1.82) is 0 Å². The molecule has 0 amide bonds. The molecule has 15 heavy (non-hydrogen) atoms. The first-order valence-electron chi connectivity index (χ1n) is 4.32. The molecular formula is C8H11N5O2. The molecule has 0 saturated carbocycles. The first kappa shape index (κ1) is 11.1. The fourth-order valence-corrected chi connectivity index (χ4v) is 1.15. The minimum absolute atomic E-state index is 0.192. The Bertz CT molecular complexity index is 447. The fraction of sp³-hybridized carbons (Fsp3) is 0.500. The maximum atomic E-state index is 11.5. The van der Waals surface area contributed by atoms with Gasteiger partial charge in [-0.2, -0.15) is 0 Å². The van der Waals surface area contributed by atoms with Crippen molar-refractivity contribution in [2.24, 2.45) is 5.11 Å². The van der Waals surface area contributed by atoms with Crippen LogP contribution < -0.4 is 10.3 Å². The van der Waals surface area contributed by atoms with Crippen molar-refractivity contribution in [2.75, 3.05) is 13.7 Å². The lowest BCUT2D eigenvalue weighted by atomic mass is 10.4. The van der Waals surface area contributed by atoms with Crippen LogP contribution in [-0.2, 0) is 6.54 Å². The number of rotatable bonds is 4. The Hall–Kier alpha value is -2.01. The summed E-state index contributed by atoms with van der Waals surface area (Å²) < 4.78 is 6.28. The molecule has 7 heteroatoms. The van der Waals surface area contributed by atoms with E-state index in [4.69, 9.17) is 10.3 Å². The van der Waals surface area contributed by atoms with Crippen LogP contribution in [0.25, 0.3) is 10.4 Å². The summed E-state index contributed by atoms with van der Waals surface area (Å²) in [6.07, 6.45) is 0. The largest absolute Gasteiger partial charge is 0.468 e. The molecule has 0 fully saturated rings. The fourth-order valence-electron chi connectivity index (χ4n) is 1.15. The van der Waals surface area contributed by atoms with Gasteiger partial charge in [0, 0.05) is 29.8 Å². The number of aromatic nitrogens is 2. The van der Waals surface area contributed by atoms with E-state index in [1.807, 2.05) is 0 Å². The Morgan fingerprint density at radius 1 is 1.73 bits per heavy atom. The molecule has 0 unspecified atom stereocenters. The van der Waals surface area contributed by atoms with Gasteiger partial charge in [-0.3, -0.25) is 9.36 Å². The number of azide groups is 1. The van der Waals surface area contributed by atoms with Crippen LogP contribution in [0.4, 0.5) is 0 Å². The number of methoxy groups -OCH3 is 1. The summed E-state index contributed by atoms with van der Waals surface area (Å²) in [6, 6.07) is 1.63. The molecule has 0 radical (unpaired) electrons. The molecule has 0 spiro atoms. The van der Waals surface area contributed by atoms with E-state index in [1.165, 1.54) is 17.7 Å². The van der Waals surface area contributed by atoms with E-state index < -0.39 is 0 Å². The molecule has 0 N–H and O–H groups in total. The van der Waals surface area contributed by atoms with E-state index in [0.717, 1.165) is 0 Å². The van der Waals surface area contributed by atoms with E-state index in [0.29, 0.717) is 5.69 Å². The van der Waals surface area contributed by atoms with Gasteiger partial charge in [-0.1, -0.05) is 5.11 Å². The SMILES string of the molecule is COc1nc(C)cc(=O)n1CCN=[N+]=[N-]. The summed E-state index contributed by atoms with van der Waals surface area (Å²) >= 11 is 0. The van der Waals surface area contributed by atoms with Crippen molar-refractivity contribution in [1.82, 2.24) is 9.55 Å². The van der Waals surface area contributed by atoms with Gasteiger partial charge in [-0.05, 0) is 12.5 Å². The van der Waals surface area contributed by atoms with Crippen molar-refractivity contribution >= 4 is 0 Å². The Balaban J connectivity index is 3.04. The Morgan fingerprint density at radius 3 is 3.07 bits per heavy atom. The number of aryl methyl sites for hydroxylation is 1. The van der Waals surface area contributed by atoms with Crippen molar-refractivity contribution in [2.45, 2.75) is 13.5 Å². The highest BCUT2D eigenvalue weighted by molar-refractivity contribution is 5.06. The van der Waals surface area contributed by atoms with Gasteiger partial charge in [0.1, 0.15) is 0 Å². The summed E-state index contributed by atoms with van der Waals surface area (Å²) in [5.41, 5.74) is 8.49. The smallest absolute Gasteiger partial charge is 0.299 e. The normalized spacial score (nSPS) is 9.47. The molecule has 0 saturated heterocycles. The highest BCUT2D eigenvalue weighted by Crippen LogP contribution is 2.03. The first-order chi connectivity index (χ1) is 7.19. The van der Waals surface area contributed by atoms with Crippen LogP contribution >= 0.6 is 0 Å². The lowest BCUT2D eigenvalue weighted by Crippen LogP contribution is -2.23. The average Bonchev–Trinajstić information content (AvgIpc) is 2.20. The van der Waals surface area contributed by atoms with Gasteiger partial charge in [0.15, 0.2) is 0 Å². The molecule has 0 aliphatic carbocycles. The van der Waals surface area contributed by atoms with Gasteiger partial charge >= 0.3 is 0 Å². The van der Waals surface area contributed by atoms with Crippen LogP contribution in [0, 0.1) is 6.92 Å². The monoisotopic (exact) mass is 209 g/mol. The van der Waals surface area contributed by atoms with Crippen molar-refractivity contribution in [3.8, 4) is 6.01 Å². The number of hydrogen-bond donors (Lipinski definition) is 0. The van der Waals surface area contributed by atoms with Crippen molar-refractivity contribution < 1.29 is 4.74 Å². The zero-order valence-corrected chi connectivity index (χ0v) is 8.54. The van der Waals surface area contributed by atoms with E-state index >= 15 is 0 Å². The first-order valence-corrected chi connectivity index (χ1v) is 4.32. The molecule has 0 atom stereocenters. The molecular weight excluding hydrogens is 198 g/mol. The predicted octanol–water partition coefficient (Wildman–Crippen LogP) is 0.871. The van der Waals surface area contributed by atoms with E-state index in [2.05, 4.69) is 15.0 Å². The van der Waals surface area contributed by atoms with Crippen molar-refractivity contribution in [3.63, 3.8) is 0 Å². The summed E-state index contributed by atoms with van der Waals surface area (Å²) in [4.78, 5) is 18.2. The molecule has 80 valence electrons. The topological polar surface area (TPSA) is 92.9 Å². The van der Waals surface area contributed by atoms with Gasteiger partial charge in [0.05, 0.1) is 7.11 Å². The molecule has 0 bridgehead atoms. The average molecular weight is 209 g/mol. The van der Waals surface area contributed by atoms with Crippen LogP contribution in [0.1, 0.15) is 5.69 Å². The van der Waals surface area contributed by atoms with Gasteiger partial charge in [0.2, 0.25) is 0 Å². The van der Waals surface area contributed by atoms with E-state index in [9.17, 15) is 4.79 Å². The molecule has 1 rings (SSSR count). The lowest BCUT2D eigenvalue weighted by Gasteiger charge is -2.08. The molecule has 1 aromatic rings. The summed E-state index contributed by atoms with van der Waals surface area (Å²) in [6.45, 7) is 2.17. The van der Waals surface area contributed by atoms with Crippen LogP contribution in [-0.4, -0.2) is 23.2 Å². The second kappa shape index (κ2) is 5.02. The quantitative estimate of drug-likeness (QED) is 0.418. The third-order valence-electron chi connectivity index (χ3n) is 1.77. The number of ether oxygens (including phenoxy) is 1. The van der Waals surface area contributed by atoms with Gasteiger partial charge in [0.25, 0.3) is 11.6 Å². The highest BCUT2D eigenvalue weighted by Gasteiger charge is 2.05. The molecule has 1 aromatic heterocycles. The lowest BCUT2D eigenvalue weighted by molar-refractivity contribution is 0.345. The summed E-state index contributed by atoms with van der Waals surface area (Å²) in [7, 11) is 1.44. The second-order valence-corrected chi connectivity index (χ2v) is 2.83. The third kappa shape index (κ3) is 2.72. The van der Waals surface area contributed by atoms with Crippen LogP contribution in [0.5, 0.6) is 6.01 Å². The van der Waals surface area contributed by atoms with Gasteiger partial charge in [-0.25, -0.2) is 4.98 Å².